The highest BCUT2D eigenvalue weighted by molar-refractivity contribution is 7.89. The zero-order valence-electron chi connectivity index (χ0n) is 13.8. The molecule has 0 unspecified atom stereocenters. The van der Waals surface area contributed by atoms with Crippen molar-refractivity contribution < 1.29 is 12.8 Å². The number of rotatable bonds is 3. The first-order chi connectivity index (χ1) is 11.5. The summed E-state index contributed by atoms with van der Waals surface area (Å²) in [6, 6.07) is 9.60. The van der Waals surface area contributed by atoms with Gasteiger partial charge < -0.3 is 9.32 Å². The Kier molecular flexibility index (Phi) is 3.74. The van der Waals surface area contributed by atoms with Gasteiger partial charge in [0.05, 0.1) is 0 Å². The lowest BCUT2D eigenvalue weighted by molar-refractivity contribution is 0.297. The molecular weight excluding hydrogens is 326 g/mol. The average molecular weight is 347 g/mol. The molecule has 2 aromatic rings. The van der Waals surface area contributed by atoms with Gasteiger partial charge in [-0.3, -0.25) is 0 Å². The number of aryl methyl sites for hydroxylation is 1. The average Bonchev–Trinajstić information content (AvgIpc) is 3.25. The van der Waals surface area contributed by atoms with Gasteiger partial charge in [0.1, 0.15) is 0 Å². The van der Waals surface area contributed by atoms with Crippen molar-refractivity contribution in [3.8, 4) is 11.3 Å². The van der Waals surface area contributed by atoms with Gasteiger partial charge in [0.25, 0.3) is 10.0 Å². The summed E-state index contributed by atoms with van der Waals surface area (Å²) < 4.78 is 33.5. The molecule has 0 radical (unpaired) electrons. The minimum absolute atomic E-state index is 0.0360. The molecule has 0 spiro atoms. The number of oxazole rings is 1. The van der Waals surface area contributed by atoms with E-state index in [1.807, 2.05) is 30.3 Å². The van der Waals surface area contributed by atoms with Crippen molar-refractivity contribution >= 4 is 10.0 Å². The normalized spacial score (nSPS) is 25.2. The molecule has 6 nitrogen and oxygen atoms in total. The summed E-state index contributed by atoms with van der Waals surface area (Å²) in [5, 5.41) is 0.0360. The molecule has 2 atom stereocenters. The molecule has 1 aromatic heterocycles. The smallest absolute Gasteiger partial charge is 0.264 e. The number of sulfonamides is 1. The SMILES string of the molecule is Cc1nc(S(=O)(=O)N2C[C@H]3CCN(C)[C@H]3C2)c(-c2ccccc2)o1. The molecule has 0 amide bonds. The van der Waals surface area contributed by atoms with Gasteiger partial charge in [-0.25, -0.2) is 13.4 Å². The number of nitrogens with zero attached hydrogens (tertiary/aromatic N) is 3. The monoisotopic (exact) mass is 347 g/mol. The molecule has 1 aromatic carbocycles. The predicted molar refractivity (Wildman–Crippen MR) is 90.0 cm³/mol. The Balaban J connectivity index is 1.71. The van der Waals surface area contributed by atoms with Crippen molar-refractivity contribution in [1.29, 1.82) is 0 Å². The number of hydrogen-bond donors (Lipinski definition) is 0. The lowest BCUT2D eigenvalue weighted by atomic mass is 10.1. The number of hydrogen-bond acceptors (Lipinski definition) is 5. The van der Waals surface area contributed by atoms with Crippen LogP contribution in [0.3, 0.4) is 0 Å². The predicted octanol–water partition coefficient (Wildman–Crippen LogP) is 1.97. The first-order valence-corrected chi connectivity index (χ1v) is 9.64. The van der Waals surface area contributed by atoms with Crippen LogP contribution in [0.5, 0.6) is 0 Å². The van der Waals surface area contributed by atoms with Gasteiger partial charge in [0.2, 0.25) is 5.03 Å². The number of fused-ring (bicyclic) bond motifs is 1. The number of aromatic nitrogens is 1. The van der Waals surface area contributed by atoms with E-state index in [0.29, 0.717) is 36.7 Å². The zero-order valence-corrected chi connectivity index (χ0v) is 14.7. The second kappa shape index (κ2) is 5.68. The van der Waals surface area contributed by atoms with Crippen molar-refractivity contribution in [1.82, 2.24) is 14.2 Å². The lowest BCUT2D eigenvalue weighted by Crippen LogP contribution is -2.35. The van der Waals surface area contributed by atoms with Crippen LogP contribution in [0.15, 0.2) is 39.8 Å². The third kappa shape index (κ3) is 2.47. The molecule has 0 saturated carbocycles. The quantitative estimate of drug-likeness (QED) is 0.849. The maximum atomic E-state index is 13.2. The third-order valence-electron chi connectivity index (χ3n) is 5.11. The molecule has 0 aliphatic carbocycles. The number of likely N-dealkylation sites (tertiary alicyclic amines) is 1. The van der Waals surface area contributed by atoms with Crippen molar-refractivity contribution in [3.05, 3.63) is 36.2 Å². The summed E-state index contributed by atoms with van der Waals surface area (Å²) in [4.78, 5) is 6.46. The molecule has 2 aliphatic rings. The Morgan fingerprint density at radius 3 is 2.67 bits per heavy atom. The molecule has 128 valence electrons. The van der Waals surface area contributed by atoms with E-state index in [-0.39, 0.29) is 5.03 Å². The summed E-state index contributed by atoms with van der Waals surface area (Å²) in [5.41, 5.74) is 0.730. The second-order valence-corrected chi connectivity index (χ2v) is 8.51. The Morgan fingerprint density at radius 2 is 1.96 bits per heavy atom. The van der Waals surface area contributed by atoms with Crippen LogP contribution in [0, 0.1) is 12.8 Å². The largest absolute Gasteiger partial charge is 0.440 e. The molecular formula is C17H21N3O3S. The van der Waals surface area contributed by atoms with Crippen LogP contribution in [-0.2, 0) is 10.0 Å². The standard InChI is InChI=1S/C17H21N3O3S/c1-12-18-17(16(23-12)13-6-4-3-5-7-13)24(21,22)20-10-14-8-9-19(2)15(14)11-20/h3-7,14-15H,8-11H2,1-2H3/t14-,15+/m1/s1. The van der Waals surface area contributed by atoms with Gasteiger partial charge in [-0.1, -0.05) is 30.3 Å². The van der Waals surface area contributed by atoms with E-state index in [4.69, 9.17) is 4.42 Å². The Hall–Kier alpha value is -1.70. The minimum Gasteiger partial charge on any atom is -0.440 e. The van der Waals surface area contributed by atoms with Crippen LogP contribution < -0.4 is 0 Å². The van der Waals surface area contributed by atoms with Crippen LogP contribution in [0.4, 0.5) is 0 Å². The Labute approximate surface area is 142 Å². The molecule has 24 heavy (non-hydrogen) atoms. The second-order valence-electron chi connectivity index (χ2n) is 6.65. The Morgan fingerprint density at radius 1 is 1.21 bits per heavy atom. The maximum absolute atomic E-state index is 13.2. The summed E-state index contributed by atoms with van der Waals surface area (Å²) >= 11 is 0. The van der Waals surface area contributed by atoms with Gasteiger partial charge >= 0.3 is 0 Å². The highest BCUT2D eigenvalue weighted by Gasteiger charge is 2.45. The van der Waals surface area contributed by atoms with Crippen LogP contribution >= 0.6 is 0 Å². The van der Waals surface area contributed by atoms with Gasteiger partial charge in [-0.05, 0) is 25.9 Å². The van der Waals surface area contributed by atoms with Crippen molar-refractivity contribution in [2.24, 2.45) is 5.92 Å². The van der Waals surface area contributed by atoms with Crippen molar-refractivity contribution in [2.45, 2.75) is 24.4 Å². The molecule has 0 N–H and O–H groups in total. The fourth-order valence-electron chi connectivity index (χ4n) is 3.81. The zero-order chi connectivity index (χ0) is 16.9. The van der Waals surface area contributed by atoms with Crippen LogP contribution in [0.25, 0.3) is 11.3 Å². The fraction of sp³-hybridized carbons (Fsp3) is 0.471. The van der Waals surface area contributed by atoms with Gasteiger partial charge in [0, 0.05) is 31.6 Å². The fourth-order valence-corrected chi connectivity index (χ4v) is 5.43. The molecule has 7 heteroatoms. The van der Waals surface area contributed by atoms with E-state index in [1.165, 1.54) is 0 Å². The highest BCUT2D eigenvalue weighted by Crippen LogP contribution is 2.36. The van der Waals surface area contributed by atoms with E-state index >= 15 is 0 Å². The number of likely N-dealkylation sites (N-methyl/N-ethyl adjacent to an activating group) is 1. The number of benzene rings is 1. The molecule has 2 aliphatic heterocycles. The maximum Gasteiger partial charge on any atom is 0.264 e. The highest BCUT2D eigenvalue weighted by atomic mass is 32.2. The van der Waals surface area contributed by atoms with Gasteiger partial charge in [-0.15, -0.1) is 0 Å². The molecule has 2 saturated heterocycles. The van der Waals surface area contributed by atoms with E-state index in [9.17, 15) is 8.42 Å². The third-order valence-corrected chi connectivity index (χ3v) is 6.86. The molecule has 3 heterocycles. The van der Waals surface area contributed by atoms with E-state index in [0.717, 1.165) is 18.5 Å². The minimum atomic E-state index is -3.66. The summed E-state index contributed by atoms with van der Waals surface area (Å²) in [6.07, 6.45) is 1.05. The first kappa shape index (κ1) is 15.8. The van der Waals surface area contributed by atoms with Crippen LogP contribution in [0.1, 0.15) is 12.3 Å². The van der Waals surface area contributed by atoms with Gasteiger partial charge in [-0.2, -0.15) is 4.31 Å². The van der Waals surface area contributed by atoms with Crippen molar-refractivity contribution in [3.63, 3.8) is 0 Å². The van der Waals surface area contributed by atoms with Gasteiger partial charge in [0.15, 0.2) is 11.7 Å². The van der Waals surface area contributed by atoms with E-state index in [1.54, 1.807) is 11.2 Å². The summed E-state index contributed by atoms with van der Waals surface area (Å²) in [6.45, 7) is 3.82. The lowest BCUT2D eigenvalue weighted by Gasteiger charge is -2.20. The van der Waals surface area contributed by atoms with Crippen LogP contribution in [0.2, 0.25) is 0 Å². The van der Waals surface area contributed by atoms with E-state index in [2.05, 4.69) is 16.9 Å². The summed E-state index contributed by atoms with van der Waals surface area (Å²) in [5.74, 6) is 1.11. The first-order valence-electron chi connectivity index (χ1n) is 8.20. The molecule has 4 rings (SSSR count). The van der Waals surface area contributed by atoms with E-state index < -0.39 is 10.0 Å². The molecule has 0 bridgehead atoms. The molecule has 2 fully saturated rings. The Bertz CT molecular complexity index is 847. The van der Waals surface area contributed by atoms with Crippen molar-refractivity contribution in [2.75, 3.05) is 26.7 Å². The topological polar surface area (TPSA) is 66.7 Å². The summed E-state index contributed by atoms with van der Waals surface area (Å²) in [7, 11) is -1.59. The van der Waals surface area contributed by atoms with Crippen LogP contribution in [-0.4, -0.2) is 55.3 Å².